The molecule has 0 aliphatic rings. The Morgan fingerprint density at radius 1 is 1.09 bits per heavy atom. The van der Waals surface area contributed by atoms with E-state index in [-0.39, 0.29) is 5.97 Å². The zero-order valence-electron chi connectivity index (χ0n) is 13.3. The average Bonchev–Trinajstić information content (AvgIpc) is 2.92. The number of aromatic amines is 1. The number of hydrogen-bond acceptors (Lipinski definition) is 3. The summed E-state index contributed by atoms with van der Waals surface area (Å²) in [5, 5.41) is 0.971. The minimum absolute atomic E-state index is 0.338. The maximum atomic E-state index is 12.0. The molecule has 118 valence electrons. The summed E-state index contributed by atoms with van der Waals surface area (Å²) in [6.45, 7) is 4.54. The Balaban J connectivity index is 1.92. The summed E-state index contributed by atoms with van der Waals surface area (Å²) in [4.78, 5) is 15.2. The first-order valence-electron chi connectivity index (χ1n) is 7.66. The largest absolute Gasteiger partial charge is 0.487 e. The number of fused-ring (bicyclic) bond motifs is 1. The minimum atomic E-state index is -0.338. The van der Waals surface area contributed by atoms with Crippen LogP contribution in [-0.4, -0.2) is 17.6 Å². The molecule has 4 heteroatoms. The molecular weight excluding hydrogens is 290 g/mol. The van der Waals surface area contributed by atoms with Gasteiger partial charge in [-0.15, -0.1) is 0 Å². The highest BCUT2D eigenvalue weighted by Crippen LogP contribution is 2.30. The van der Waals surface area contributed by atoms with Gasteiger partial charge in [-0.3, -0.25) is 0 Å². The fourth-order valence-electron chi connectivity index (χ4n) is 2.59. The number of carbonyl (C=O) groups excluding carboxylic acids is 1. The molecule has 3 rings (SSSR count). The maximum absolute atomic E-state index is 12.0. The molecule has 23 heavy (non-hydrogen) atoms. The molecule has 0 aliphatic heterocycles. The van der Waals surface area contributed by atoms with Crippen molar-refractivity contribution in [3.8, 4) is 5.75 Å². The zero-order valence-corrected chi connectivity index (χ0v) is 13.3. The lowest BCUT2D eigenvalue weighted by Gasteiger charge is -2.07. The van der Waals surface area contributed by atoms with Gasteiger partial charge < -0.3 is 14.5 Å². The topological polar surface area (TPSA) is 51.3 Å². The van der Waals surface area contributed by atoms with E-state index < -0.39 is 0 Å². The summed E-state index contributed by atoms with van der Waals surface area (Å²) in [5.41, 5.74) is 3.28. The Kier molecular flexibility index (Phi) is 4.33. The number of aromatic nitrogens is 1. The van der Waals surface area contributed by atoms with Crippen LogP contribution in [0, 0.1) is 6.92 Å². The molecule has 0 spiro atoms. The molecule has 0 unspecified atom stereocenters. The van der Waals surface area contributed by atoms with E-state index in [4.69, 9.17) is 9.47 Å². The highest BCUT2D eigenvalue weighted by atomic mass is 16.5. The van der Waals surface area contributed by atoms with Gasteiger partial charge in [-0.05, 0) is 31.0 Å². The predicted molar refractivity (Wildman–Crippen MR) is 89.8 cm³/mol. The summed E-state index contributed by atoms with van der Waals surface area (Å²) >= 11 is 0. The lowest BCUT2D eigenvalue weighted by molar-refractivity contribution is 0.0520. The Hall–Kier alpha value is -2.75. The van der Waals surface area contributed by atoms with E-state index in [0.717, 1.165) is 27.8 Å². The van der Waals surface area contributed by atoms with Crippen LogP contribution >= 0.6 is 0 Å². The van der Waals surface area contributed by atoms with Crippen molar-refractivity contribution in [3.63, 3.8) is 0 Å². The van der Waals surface area contributed by atoms with Crippen LogP contribution in [0.4, 0.5) is 0 Å². The number of nitrogens with one attached hydrogen (secondary N) is 1. The van der Waals surface area contributed by atoms with Crippen molar-refractivity contribution in [2.45, 2.75) is 20.5 Å². The van der Waals surface area contributed by atoms with Crippen molar-refractivity contribution in [1.29, 1.82) is 0 Å². The highest BCUT2D eigenvalue weighted by Gasteiger charge is 2.17. The molecule has 4 nitrogen and oxygen atoms in total. The second kappa shape index (κ2) is 6.57. The van der Waals surface area contributed by atoms with E-state index in [1.807, 2.05) is 55.5 Å². The third-order valence-electron chi connectivity index (χ3n) is 3.77. The second-order valence-electron chi connectivity index (χ2n) is 5.30. The van der Waals surface area contributed by atoms with Gasteiger partial charge in [-0.1, -0.05) is 42.5 Å². The van der Waals surface area contributed by atoms with Gasteiger partial charge in [0.2, 0.25) is 0 Å². The van der Waals surface area contributed by atoms with Crippen molar-refractivity contribution in [3.05, 3.63) is 65.4 Å². The Bertz CT molecular complexity index is 821. The third kappa shape index (κ3) is 3.06. The molecule has 0 fully saturated rings. The van der Waals surface area contributed by atoms with Crippen LogP contribution < -0.4 is 4.74 Å². The molecule has 0 saturated carbocycles. The molecule has 0 saturated heterocycles. The molecule has 2 aromatic carbocycles. The van der Waals surface area contributed by atoms with Gasteiger partial charge in [0.15, 0.2) is 0 Å². The smallest absolute Gasteiger partial charge is 0.355 e. The molecule has 0 bridgehead atoms. The van der Waals surface area contributed by atoms with Crippen molar-refractivity contribution in [2.24, 2.45) is 0 Å². The number of hydrogen-bond donors (Lipinski definition) is 1. The van der Waals surface area contributed by atoms with Crippen LogP contribution in [0.1, 0.15) is 28.5 Å². The number of carbonyl (C=O) groups is 1. The molecule has 0 atom stereocenters. The van der Waals surface area contributed by atoms with E-state index in [9.17, 15) is 4.79 Å². The maximum Gasteiger partial charge on any atom is 0.355 e. The number of benzene rings is 2. The van der Waals surface area contributed by atoms with Gasteiger partial charge >= 0.3 is 5.97 Å². The molecular formula is C19H19NO3. The number of H-pyrrole nitrogens is 1. The van der Waals surface area contributed by atoms with Crippen molar-refractivity contribution in [1.82, 2.24) is 4.98 Å². The Morgan fingerprint density at radius 3 is 2.61 bits per heavy atom. The van der Waals surface area contributed by atoms with Crippen molar-refractivity contribution >= 4 is 16.9 Å². The number of aryl methyl sites for hydroxylation is 1. The minimum Gasteiger partial charge on any atom is -0.487 e. The third-order valence-corrected chi connectivity index (χ3v) is 3.77. The molecule has 1 heterocycles. The molecule has 1 N–H and O–H groups in total. The molecule has 0 radical (unpaired) electrons. The van der Waals surface area contributed by atoms with Gasteiger partial charge in [-0.2, -0.15) is 0 Å². The monoisotopic (exact) mass is 309 g/mol. The quantitative estimate of drug-likeness (QED) is 0.717. The van der Waals surface area contributed by atoms with Gasteiger partial charge in [0.25, 0.3) is 0 Å². The first kappa shape index (κ1) is 15.2. The number of ether oxygens (including phenoxy) is 2. The van der Waals surface area contributed by atoms with Crippen LogP contribution in [0.3, 0.4) is 0 Å². The first-order chi connectivity index (χ1) is 11.2. The fourth-order valence-corrected chi connectivity index (χ4v) is 2.59. The fraction of sp³-hybridized carbons (Fsp3) is 0.211. The molecule has 0 amide bonds. The summed E-state index contributed by atoms with van der Waals surface area (Å²) < 4.78 is 11.0. The molecule has 1 aromatic heterocycles. The van der Waals surface area contributed by atoms with Crippen LogP contribution in [0.15, 0.2) is 48.5 Å². The van der Waals surface area contributed by atoms with Crippen LogP contribution in [0.5, 0.6) is 5.75 Å². The Morgan fingerprint density at radius 2 is 1.87 bits per heavy atom. The van der Waals surface area contributed by atoms with Crippen LogP contribution in [0.2, 0.25) is 0 Å². The Labute approximate surface area is 135 Å². The van der Waals surface area contributed by atoms with Gasteiger partial charge in [0.05, 0.1) is 12.1 Å². The summed E-state index contributed by atoms with van der Waals surface area (Å²) in [7, 11) is 0. The van der Waals surface area contributed by atoms with Gasteiger partial charge in [-0.25, -0.2) is 4.79 Å². The van der Waals surface area contributed by atoms with Crippen molar-refractivity contribution in [2.75, 3.05) is 6.61 Å². The lowest BCUT2D eigenvalue weighted by atomic mass is 10.1. The van der Waals surface area contributed by atoms with Crippen LogP contribution in [0.25, 0.3) is 10.9 Å². The summed E-state index contributed by atoms with van der Waals surface area (Å²) in [6, 6.07) is 15.8. The van der Waals surface area contributed by atoms with E-state index in [1.54, 1.807) is 6.92 Å². The number of para-hydroxylation sites is 1. The van der Waals surface area contributed by atoms with Crippen LogP contribution in [-0.2, 0) is 11.3 Å². The van der Waals surface area contributed by atoms with Gasteiger partial charge in [0.1, 0.15) is 18.1 Å². The summed E-state index contributed by atoms with van der Waals surface area (Å²) in [5.74, 6) is 0.389. The van der Waals surface area contributed by atoms with Crippen molar-refractivity contribution < 1.29 is 14.3 Å². The second-order valence-corrected chi connectivity index (χ2v) is 5.30. The average molecular weight is 309 g/mol. The normalized spacial score (nSPS) is 10.7. The van der Waals surface area contributed by atoms with E-state index in [1.165, 1.54) is 0 Å². The standard InChI is InChI=1S/C19H19NO3/c1-3-22-19(21)17-13(2)15-10-7-11-16(18(15)20-17)23-12-14-8-5-4-6-9-14/h4-11,20H,3,12H2,1-2H3. The number of esters is 1. The zero-order chi connectivity index (χ0) is 16.2. The summed E-state index contributed by atoms with van der Waals surface area (Å²) in [6.07, 6.45) is 0. The number of rotatable bonds is 5. The van der Waals surface area contributed by atoms with E-state index in [0.29, 0.717) is 18.9 Å². The van der Waals surface area contributed by atoms with E-state index in [2.05, 4.69) is 4.98 Å². The van der Waals surface area contributed by atoms with E-state index >= 15 is 0 Å². The molecule has 0 aliphatic carbocycles. The lowest BCUT2D eigenvalue weighted by Crippen LogP contribution is -2.06. The predicted octanol–water partition coefficient (Wildman–Crippen LogP) is 4.23. The molecule has 3 aromatic rings. The first-order valence-corrected chi connectivity index (χ1v) is 7.66. The highest BCUT2D eigenvalue weighted by molar-refractivity contribution is 5.99. The SMILES string of the molecule is CCOC(=O)c1[nH]c2c(OCc3ccccc3)cccc2c1C. The van der Waals surface area contributed by atoms with Gasteiger partial charge in [0, 0.05) is 5.39 Å².